The SMILES string of the molecule is CCN(CC)c1nc(NN)nc(Nc2ccc(Cl)cc2)n1. The van der Waals surface area contributed by atoms with E-state index in [1.807, 2.05) is 30.9 Å². The van der Waals surface area contributed by atoms with Crippen LogP contribution in [-0.2, 0) is 0 Å². The van der Waals surface area contributed by atoms with Gasteiger partial charge >= 0.3 is 0 Å². The summed E-state index contributed by atoms with van der Waals surface area (Å²) in [5, 5.41) is 3.78. The summed E-state index contributed by atoms with van der Waals surface area (Å²) < 4.78 is 0. The number of halogens is 1. The zero-order valence-corrected chi connectivity index (χ0v) is 12.7. The molecule has 0 saturated heterocycles. The predicted octanol–water partition coefficient (Wildman–Crippen LogP) is 2.40. The molecule has 0 aliphatic carbocycles. The van der Waals surface area contributed by atoms with Crippen LogP contribution in [0.4, 0.5) is 23.5 Å². The third kappa shape index (κ3) is 3.93. The molecule has 0 amide bonds. The van der Waals surface area contributed by atoms with E-state index in [0.717, 1.165) is 18.8 Å². The van der Waals surface area contributed by atoms with Gasteiger partial charge in [-0.15, -0.1) is 0 Å². The van der Waals surface area contributed by atoms with Gasteiger partial charge in [0.15, 0.2) is 0 Å². The third-order valence-corrected chi connectivity index (χ3v) is 3.15. The lowest BCUT2D eigenvalue weighted by molar-refractivity contribution is 0.814. The highest BCUT2D eigenvalue weighted by Gasteiger charge is 2.10. The van der Waals surface area contributed by atoms with Gasteiger partial charge in [0.2, 0.25) is 17.8 Å². The first-order valence-corrected chi connectivity index (χ1v) is 7.04. The van der Waals surface area contributed by atoms with E-state index in [2.05, 4.69) is 25.7 Å². The van der Waals surface area contributed by atoms with E-state index < -0.39 is 0 Å². The molecule has 0 fully saturated rings. The molecule has 0 spiro atoms. The average Bonchev–Trinajstić information content (AvgIpc) is 2.50. The zero-order chi connectivity index (χ0) is 15.2. The van der Waals surface area contributed by atoms with Crippen LogP contribution in [0.5, 0.6) is 0 Å². The highest BCUT2D eigenvalue weighted by molar-refractivity contribution is 6.30. The van der Waals surface area contributed by atoms with Crippen LogP contribution in [0.1, 0.15) is 13.8 Å². The molecule has 112 valence electrons. The lowest BCUT2D eigenvalue weighted by atomic mass is 10.3. The van der Waals surface area contributed by atoms with E-state index in [-0.39, 0.29) is 0 Å². The van der Waals surface area contributed by atoms with Crippen LogP contribution in [-0.4, -0.2) is 28.0 Å². The average molecular weight is 308 g/mol. The number of hydrazine groups is 1. The van der Waals surface area contributed by atoms with Gasteiger partial charge in [0.05, 0.1) is 0 Å². The van der Waals surface area contributed by atoms with Crippen LogP contribution in [0.2, 0.25) is 5.02 Å². The molecule has 1 aromatic heterocycles. The maximum Gasteiger partial charge on any atom is 0.243 e. The van der Waals surface area contributed by atoms with Gasteiger partial charge in [-0.05, 0) is 38.1 Å². The number of aromatic nitrogens is 3. The van der Waals surface area contributed by atoms with Gasteiger partial charge in [-0.1, -0.05) is 11.6 Å². The summed E-state index contributed by atoms with van der Waals surface area (Å²) >= 11 is 5.86. The van der Waals surface area contributed by atoms with Crippen molar-refractivity contribution in [3.63, 3.8) is 0 Å². The first-order valence-electron chi connectivity index (χ1n) is 6.66. The van der Waals surface area contributed by atoms with Crippen molar-refractivity contribution < 1.29 is 0 Å². The second kappa shape index (κ2) is 7.05. The molecule has 2 rings (SSSR count). The van der Waals surface area contributed by atoms with Crippen molar-refractivity contribution in [3.05, 3.63) is 29.3 Å². The van der Waals surface area contributed by atoms with Crippen molar-refractivity contribution in [2.24, 2.45) is 5.84 Å². The summed E-state index contributed by atoms with van der Waals surface area (Å²) in [7, 11) is 0. The molecule has 8 heteroatoms. The molecule has 0 bridgehead atoms. The smallest absolute Gasteiger partial charge is 0.243 e. The number of benzene rings is 1. The zero-order valence-electron chi connectivity index (χ0n) is 12.0. The minimum atomic E-state index is 0.309. The number of nitrogen functional groups attached to an aromatic ring is 1. The van der Waals surface area contributed by atoms with Crippen molar-refractivity contribution in [2.45, 2.75) is 13.8 Å². The number of nitrogens with one attached hydrogen (secondary N) is 2. The maximum absolute atomic E-state index is 5.86. The second-order valence-corrected chi connectivity index (χ2v) is 4.67. The minimum Gasteiger partial charge on any atom is -0.341 e. The van der Waals surface area contributed by atoms with Crippen molar-refractivity contribution >= 4 is 35.1 Å². The van der Waals surface area contributed by atoms with Gasteiger partial charge in [-0.3, -0.25) is 5.43 Å². The molecule has 1 heterocycles. The van der Waals surface area contributed by atoms with E-state index in [0.29, 0.717) is 22.9 Å². The van der Waals surface area contributed by atoms with Crippen molar-refractivity contribution in [2.75, 3.05) is 28.7 Å². The van der Waals surface area contributed by atoms with Crippen LogP contribution < -0.4 is 21.5 Å². The van der Waals surface area contributed by atoms with Gasteiger partial charge in [-0.25, -0.2) is 5.84 Å². The fourth-order valence-electron chi connectivity index (χ4n) is 1.80. The first kappa shape index (κ1) is 15.3. The van der Waals surface area contributed by atoms with Crippen LogP contribution in [0, 0.1) is 0 Å². The molecule has 0 saturated carbocycles. The number of nitrogens with zero attached hydrogens (tertiary/aromatic N) is 4. The van der Waals surface area contributed by atoms with E-state index in [1.165, 1.54) is 0 Å². The Morgan fingerprint density at radius 3 is 2.24 bits per heavy atom. The number of anilines is 4. The predicted molar refractivity (Wildman–Crippen MR) is 85.9 cm³/mol. The first-order chi connectivity index (χ1) is 10.2. The lowest BCUT2D eigenvalue weighted by Crippen LogP contribution is -2.25. The molecule has 0 aliphatic heterocycles. The Morgan fingerprint density at radius 1 is 1.05 bits per heavy atom. The van der Waals surface area contributed by atoms with E-state index in [1.54, 1.807) is 12.1 Å². The van der Waals surface area contributed by atoms with E-state index in [9.17, 15) is 0 Å². The molecule has 1 aromatic carbocycles. The van der Waals surface area contributed by atoms with Crippen LogP contribution in [0.3, 0.4) is 0 Å². The Hall–Kier alpha value is -2.12. The standard InChI is InChI=1S/C13H18ClN7/c1-3-21(4-2)13-18-11(17-12(19-13)20-15)16-10-7-5-9(14)6-8-10/h5-8H,3-4,15H2,1-2H3,(H2,16,17,18,19,20). The summed E-state index contributed by atoms with van der Waals surface area (Å²) in [6.45, 7) is 5.67. The normalized spacial score (nSPS) is 10.3. The lowest BCUT2D eigenvalue weighted by Gasteiger charge is -2.19. The molecule has 7 nitrogen and oxygen atoms in total. The molecule has 21 heavy (non-hydrogen) atoms. The monoisotopic (exact) mass is 307 g/mol. The topological polar surface area (TPSA) is 92.0 Å². The minimum absolute atomic E-state index is 0.309. The Labute approximate surface area is 128 Å². The fourth-order valence-corrected chi connectivity index (χ4v) is 1.92. The quantitative estimate of drug-likeness (QED) is 0.557. The second-order valence-electron chi connectivity index (χ2n) is 4.23. The highest BCUT2D eigenvalue weighted by atomic mass is 35.5. The molecule has 4 N–H and O–H groups in total. The molecule has 0 unspecified atom stereocenters. The Balaban J connectivity index is 2.29. The summed E-state index contributed by atoms with van der Waals surface area (Å²) in [5.41, 5.74) is 3.29. The van der Waals surface area contributed by atoms with Gasteiger partial charge in [0.25, 0.3) is 0 Å². The van der Waals surface area contributed by atoms with Gasteiger partial charge in [-0.2, -0.15) is 15.0 Å². The van der Waals surface area contributed by atoms with E-state index >= 15 is 0 Å². The highest BCUT2D eigenvalue weighted by Crippen LogP contribution is 2.19. The van der Waals surface area contributed by atoms with Gasteiger partial charge < -0.3 is 10.2 Å². The maximum atomic E-state index is 5.86. The molecule has 0 atom stereocenters. The number of hydrogen-bond donors (Lipinski definition) is 3. The number of rotatable bonds is 6. The molecular formula is C13H18ClN7. The summed E-state index contributed by atoms with van der Waals surface area (Å²) in [6, 6.07) is 7.27. The van der Waals surface area contributed by atoms with Crippen molar-refractivity contribution in [3.8, 4) is 0 Å². The number of nitrogens with two attached hydrogens (primary N) is 1. The van der Waals surface area contributed by atoms with Crippen LogP contribution >= 0.6 is 11.6 Å². The van der Waals surface area contributed by atoms with E-state index in [4.69, 9.17) is 17.4 Å². The Morgan fingerprint density at radius 2 is 1.67 bits per heavy atom. The molecule has 0 aliphatic rings. The third-order valence-electron chi connectivity index (χ3n) is 2.90. The molecular weight excluding hydrogens is 290 g/mol. The van der Waals surface area contributed by atoms with Crippen LogP contribution in [0.15, 0.2) is 24.3 Å². The van der Waals surface area contributed by atoms with Crippen LogP contribution in [0.25, 0.3) is 0 Å². The molecule has 2 aromatic rings. The Bertz CT molecular complexity index is 584. The number of hydrogen-bond acceptors (Lipinski definition) is 7. The van der Waals surface area contributed by atoms with Crippen molar-refractivity contribution in [1.82, 2.24) is 15.0 Å². The molecule has 0 radical (unpaired) electrons. The largest absolute Gasteiger partial charge is 0.341 e. The Kier molecular flexibility index (Phi) is 5.13. The summed E-state index contributed by atoms with van der Waals surface area (Å²) in [6.07, 6.45) is 0. The van der Waals surface area contributed by atoms with Crippen molar-refractivity contribution in [1.29, 1.82) is 0 Å². The summed E-state index contributed by atoms with van der Waals surface area (Å²) in [5.74, 6) is 6.71. The van der Waals surface area contributed by atoms with Gasteiger partial charge in [0.1, 0.15) is 0 Å². The summed E-state index contributed by atoms with van der Waals surface area (Å²) in [4.78, 5) is 14.9. The van der Waals surface area contributed by atoms with Gasteiger partial charge in [0, 0.05) is 23.8 Å². The fraction of sp³-hybridized carbons (Fsp3) is 0.308.